The van der Waals surface area contributed by atoms with Crippen LogP contribution in [0, 0.1) is 5.92 Å². The van der Waals surface area contributed by atoms with Crippen LogP contribution in [0.2, 0.25) is 5.15 Å². The van der Waals surface area contributed by atoms with Gasteiger partial charge in [0.15, 0.2) is 10.8 Å². The lowest BCUT2D eigenvalue weighted by Crippen LogP contribution is -2.21. The highest BCUT2D eigenvalue weighted by Gasteiger charge is 2.15. The maximum Gasteiger partial charge on any atom is 0.302 e. The average Bonchev–Trinajstić information content (AvgIpc) is 2.96. The minimum absolute atomic E-state index is 0.0388. The van der Waals surface area contributed by atoms with Gasteiger partial charge in [-0.2, -0.15) is 9.97 Å². The van der Waals surface area contributed by atoms with E-state index in [0.29, 0.717) is 0 Å². The number of hydrogen-bond acceptors (Lipinski definition) is 8. The number of carbonyl (C=O) groups excluding carboxylic acids is 2. The second-order valence-corrected chi connectivity index (χ2v) is 4.96. The second-order valence-electron chi connectivity index (χ2n) is 4.61. The topological polar surface area (TPSA) is 122 Å². The first-order valence-corrected chi connectivity index (χ1v) is 7.09. The van der Waals surface area contributed by atoms with E-state index in [0.717, 1.165) is 18.4 Å². The van der Waals surface area contributed by atoms with Crippen LogP contribution in [-0.2, 0) is 25.6 Å². The highest BCUT2D eigenvalue weighted by molar-refractivity contribution is 6.33. The molecule has 130 valence electrons. The largest absolute Gasteiger partial charge is 0.465 e. The van der Waals surface area contributed by atoms with Gasteiger partial charge in [-0.3, -0.25) is 9.59 Å². The van der Waals surface area contributed by atoms with Crippen molar-refractivity contribution in [2.75, 3.05) is 18.9 Å². The number of esters is 2. The zero-order chi connectivity index (χ0) is 21.2. The average molecular weight is 360 g/mol. The van der Waals surface area contributed by atoms with E-state index in [2.05, 4.69) is 15.0 Å². The summed E-state index contributed by atoms with van der Waals surface area (Å²) in [6, 6.07) is 0. The quantitative estimate of drug-likeness (QED) is 0.577. The van der Waals surface area contributed by atoms with Crippen molar-refractivity contribution in [2.24, 2.45) is 5.92 Å². The third-order valence-corrected chi connectivity index (χ3v) is 2.91. The first kappa shape index (κ1) is 12.9. The highest BCUT2D eigenvalue weighted by atomic mass is 35.5. The molecule has 2 heterocycles. The number of hydrogen-bond donors (Lipinski definition) is 1. The van der Waals surface area contributed by atoms with Crippen molar-refractivity contribution in [3.05, 3.63) is 11.5 Å². The predicted molar refractivity (Wildman–Crippen MR) is 86.1 cm³/mol. The molecule has 4 atom stereocenters. The maximum atomic E-state index is 11.2. The molecule has 2 N–H and O–H groups in total. The van der Waals surface area contributed by atoms with Crippen molar-refractivity contribution < 1.29 is 24.5 Å². The fourth-order valence-electron chi connectivity index (χ4n) is 1.67. The van der Waals surface area contributed by atoms with E-state index in [1.54, 1.807) is 0 Å². The van der Waals surface area contributed by atoms with E-state index in [1.807, 2.05) is 0 Å². The van der Waals surface area contributed by atoms with Crippen molar-refractivity contribution in [3.8, 4) is 0 Å². The molecule has 10 heteroatoms. The van der Waals surface area contributed by atoms with Gasteiger partial charge in [-0.05, 0) is 6.40 Å². The van der Waals surface area contributed by atoms with Crippen molar-refractivity contribution in [2.45, 2.75) is 26.8 Å². The Hall–Kier alpha value is -2.42. The molecule has 2 rings (SSSR count). The number of imidazole rings is 1. The van der Waals surface area contributed by atoms with Crippen LogP contribution in [0.25, 0.3) is 11.2 Å². The Bertz CT molecular complexity index is 863. The lowest BCUT2D eigenvalue weighted by atomic mass is 10.1. The summed E-state index contributed by atoms with van der Waals surface area (Å²) < 4.78 is 43.4. The number of nitrogen functional groups attached to an aromatic ring is 1. The zero-order valence-electron chi connectivity index (χ0n) is 16.8. The third-order valence-electron chi connectivity index (χ3n) is 2.65. The molecule has 0 spiro atoms. The molecular weight excluding hydrogens is 338 g/mol. The number of halogens is 1. The molecule has 4 unspecified atom stereocenters. The number of anilines is 1. The van der Waals surface area contributed by atoms with Crippen LogP contribution in [0.3, 0.4) is 0 Å². The van der Waals surface area contributed by atoms with Crippen molar-refractivity contribution >= 4 is 40.7 Å². The van der Waals surface area contributed by atoms with Gasteiger partial charge in [-0.1, -0.05) is 11.6 Å². The summed E-state index contributed by atoms with van der Waals surface area (Å²) in [4.78, 5) is 34.1. The number of ether oxygens (including phenoxy) is 2. The molecule has 24 heavy (non-hydrogen) atoms. The molecule has 0 aliphatic rings. The van der Waals surface area contributed by atoms with Gasteiger partial charge in [0.05, 0.1) is 22.2 Å². The van der Waals surface area contributed by atoms with Gasteiger partial charge in [0.1, 0.15) is 5.52 Å². The van der Waals surface area contributed by atoms with Crippen LogP contribution in [0.1, 0.15) is 25.7 Å². The molecule has 0 aromatic carbocycles. The molecule has 0 radical (unpaired) electrons. The molecule has 0 aliphatic heterocycles. The van der Waals surface area contributed by atoms with Gasteiger partial charge in [0.25, 0.3) is 0 Å². The Kier molecular flexibility index (Phi) is 4.26. The summed E-state index contributed by atoms with van der Waals surface area (Å²) in [5.41, 5.74) is 5.80. The van der Waals surface area contributed by atoms with Crippen LogP contribution < -0.4 is 5.73 Å². The van der Waals surface area contributed by atoms with Crippen molar-refractivity contribution in [1.29, 1.82) is 0 Å². The van der Waals surface area contributed by atoms with Crippen LogP contribution in [0.4, 0.5) is 5.95 Å². The lowest BCUT2D eigenvalue weighted by Gasteiger charge is -2.16. The summed E-state index contributed by atoms with van der Waals surface area (Å²) >= 11 is 5.95. The summed E-state index contributed by atoms with van der Waals surface area (Å²) in [6.07, 6.45) is -0.354. The number of rotatable bonds is 7. The van der Waals surface area contributed by atoms with Crippen LogP contribution >= 0.6 is 11.6 Å². The number of fused-ring (bicyclic) bond motifs is 1. The molecule has 0 fully saturated rings. The number of carbonyl (C=O) groups is 2. The summed E-state index contributed by atoms with van der Waals surface area (Å²) in [6.45, 7) is -2.77. The lowest BCUT2D eigenvalue weighted by molar-refractivity contribution is -0.146. The Balaban J connectivity index is 2.41. The summed E-state index contributed by atoms with van der Waals surface area (Å²) in [7, 11) is 0. The summed E-state index contributed by atoms with van der Waals surface area (Å²) in [5, 5.41) is -0.0388. The van der Waals surface area contributed by atoms with Crippen LogP contribution in [0.5, 0.6) is 0 Å². The molecule has 2 aromatic heterocycles. The molecular formula is C14H18ClN5O4. The highest BCUT2D eigenvalue weighted by Crippen LogP contribution is 2.20. The fourth-order valence-corrected chi connectivity index (χ4v) is 1.89. The number of aromatic nitrogens is 4. The van der Waals surface area contributed by atoms with Crippen molar-refractivity contribution in [3.63, 3.8) is 0 Å². The Morgan fingerprint density at radius 1 is 1.33 bits per heavy atom. The van der Waals surface area contributed by atoms with Gasteiger partial charge in [-0.15, -0.1) is 0 Å². The normalized spacial score (nSPS) is 19.8. The number of nitrogens with two attached hydrogens (primary N) is 1. The number of nitrogens with zero attached hydrogens (tertiary/aromatic N) is 4. The molecule has 9 nitrogen and oxygen atoms in total. The van der Waals surface area contributed by atoms with Gasteiger partial charge < -0.3 is 19.8 Å². The minimum Gasteiger partial charge on any atom is -0.465 e. The van der Waals surface area contributed by atoms with Crippen LogP contribution in [-0.4, -0.2) is 44.6 Å². The van der Waals surface area contributed by atoms with Gasteiger partial charge in [0.2, 0.25) is 5.95 Å². The molecule has 0 aliphatic carbocycles. The predicted octanol–water partition coefficient (Wildman–Crippen LogP) is 1.19. The first-order valence-electron chi connectivity index (χ1n) is 9.02. The smallest absolute Gasteiger partial charge is 0.302 e. The SMILES string of the molecule is [2H]C(OC(C)=O)C(C([2H])OC(C)=O)C([2H])C([2H])n1cnc2c(Cl)nc(N)nc21. The molecule has 0 bridgehead atoms. The van der Waals surface area contributed by atoms with Gasteiger partial charge >= 0.3 is 11.9 Å². The Morgan fingerprint density at radius 3 is 2.54 bits per heavy atom. The monoisotopic (exact) mass is 359 g/mol. The number of aryl methyl sites for hydroxylation is 1. The van der Waals surface area contributed by atoms with E-state index in [-0.39, 0.29) is 22.3 Å². The Labute approximate surface area is 148 Å². The van der Waals surface area contributed by atoms with E-state index in [9.17, 15) is 9.59 Å². The fraction of sp³-hybridized carbons (Fsp3) is 0.500. The van der Waals surface area contributed by atoms with Crippen molar-refractivity contribution in [1.82, 2.24) is 19.5 Å². The van der Waals surface area contributed by atoms with Gasteiger partial charge in [0, 0.05) is 29.0 Å². The standard InChI is InChI=1S/C14H18ClN5O4/c1-8(21)23-5-10(6-24-9(2)22)3-4-20-7-17-11-12(15)18-14(16)19-13(11)20/h7,10H,3-6H2,1-2H3,(H2,16,18,19)/i3D,4D,5D,6D. The second kappa shape index (κ2) is 7.91. The van der Waals surface area contributed by atoms with Crippen LogP contribution in [0.15, 0.2) is 6.33 Å². The molecule has 0 saturated heterocycles. The minimum atomic E-state index is -1.72. The van der Waals surface area contributed by atoms with E-state index >= 15 is 0 Å². The van der Waals surface area contributed by atoms with E-state index in [1.165, 1.54) is 6.33 Å². The molecule has 0 saturated carbocycles. The third kappa shape index (κ3) is 4.79. The van der Waals surface area contributed by atoms with E-state index in [4.69, 9.17) is 32.3 Å². The molecule has 0 amide bonds. The summed E-state index contributed by atoms with van der Waals surface area (Å²) in [5.74, 6) is -3.24. The first-order chi connectivity index (χ1) is 13.0. The van der Waals surface area contributed by atoms with E-state index < -0.39 is 43.9 Å². The zero-order valence-corrected chi connectivity index (χ0v) is 13.6. The van der Waals surface area contributed by atoms with Gasteiger partial charge in [-0.25, -0.2) is 4.98 Å². The maximum absolute atomic E-state index is 11.2. The Morgan fingerprint density at radius 2 is 1.96 bits per heavy atom. The molecule has 2 aromatic rings.